The zero-order chi connectivity index (χ0) is 19.2. The van der Waals surface area contributed by atoms with E-state index in [0.29, 0.717) is 6.42 Å². The van der Waals surface area contributed by atoms with E-state index in [1.165, 1.54) is 44.9 Å². The molecule has 0 unspecified atom stereocenters. The normalized spacial score (nSPS) is 11.2. The predicted octanol–water partition coefficient (Wildman–Crippen LogP) is 2.22. The molecule has 154 valence electrons. The molecule has 0 aliphatic heterocycles. The Morgan fingerprint density at radius 2 is 1.16 bits per heavy atom. The van der Waals surface area contributed by atoms with Gasteiger partial charge in [0.2, 0.25) is 0 Å². The van der Waals surface area contributed by atoms with Crippen LogP contribution in [0.2, 0.25) is 0 Å². The first-order valence-electron chi connectivity index (χ1n) is 9.13. The van der Waals surface area contributed by atoms with Crippen LogP contribution in [0.15, 0.2) is 0 Å². The molecule has 0 heterocycles. The largest absolute Gasteiger partial charge is 0.394 e. The van der Waals surface area contributed by atoms with Gasteiger partial charge in [0.15, 0.2) is 0 Å². The smallest absolute Gasteiger partial charge is 0.264 e. The summed E-state index contributed by atoms with van der Waals surface area (Å²) in [6.45, 7) is 2.44. The van der Waals surface area contributed by atoms with Gasteiger partial charge in [-0.05, 0) is 6.42 Å². The molecule has 0 saturated carbocycles. The summed E-state index contributed by atoms with van der Waals surface area (Å²) < 4.78 is 29.4. The molecule has 25 heavy (non-hydrogen) atoms. The number of aliphatic hydroxyl groups is 2. The van der Waals surface area contributed by atoms with E-state index in [-0.39, 0.29) is 32.2 Å². The van der Waals surface area contributed by atoms with Crippen LogP contribution in [0.3, 0.4) is 0 Å². The van der Waals surface area contributed by atoms with Crippen LogP contribution in [0.5, 0.6) is 0 Å². The highest BCUT2D eigenvalue weighted by Gasteiger charge is 2.02. The van der Waals surface area contributed by atoms with Crippen molar-refractivity contribution < 1.29 is 32.9 Å². The predicted molar refractivity (Wildman–Crippen MR) is 97.5 cm³/mol. The van der Waals surface area contributed by atoms with Gasteiger partial charge in [-0.2, -0.15) is 8.42 Å². The van der Waals surface area contributed by atoms with E-state index in [0.717, 1.165) is 12.8 Å². The third-order valence-corrected chi connectivity index (χ3v) is 4.06. The minimum Gasteiger partial charge on any atom is -0.394 e. The number of unbranched alkanes of at least 4 members (excludes halogenated alkanes) is 9. The third-order valence-electron chi connectivity index (χ3n) is 3.26. The molecule has 0 radical (unpaired) electrons. The van der Waals surface area contributed by atoms with Crippen molar-refractivity contribution in [3.05, 3.63) is 0 Å². The lowest BCUT2D eigenvalue weighted by Crippen LogP contribution is -2.19. The maximum atomic E-state index is 10.4. The molecule has 0 bridgehead atoms. The van der Waals surface area contributed by atoms with E-state index < -0.39 is 10.1 Å². The zero-order valence-corrected chi connectivity index (χ0v) is 16.3. The number of aliphatic hydroxyl groups excluding tert-OH is 2. The van der Waals surface area contributed by atoms with E-state index in [2.05, 4.69) is 22.2 Å². The second kappa shape index (κ2) is 21.8. The van der Waals surface area contributed by atoms with Crippen LogP contribution in [-0.2, 0) is 19.8 Å². The Morgan fingerprint density at radius 3 is 1.52 bits per heavy atom. The maximum absolute atomic E-state index is 10.4. The number of hydrogen-bond acceptors (Lipinski definition) is 7. The molecule has 0 aromatic heterocycles. The van der Waals surface area contributed by atoms with Crippen molar-refractivity contribution in [1.29, 1.82) is 0 Å². The Balaban J connectivity index is 0. The summed E-state index contributed by atoms with van der Waals surface area (Å²) in [7, 11) is -3.73. The number of rotatable bonds is 17. The number of hydrogen-bond donors (Lipinski definition) is 4. The third kappa shape index (κ3) is 31.9. The van der Waals surface area contributed by atoms with Gasteiger partial charge in [-0.25, -0.2) is 0 Å². The van der Waals surface area contributed by atoms with E-state index in [1.54, 1.807) is 0 Å². The molecule has 0 saturated heterocycles. The van der Waals surface area contributed by atoms with Gasteiger partial charge in [0.1, 0.15) is 0 Å². The molecule has 0 aliphatic carbocycles. The van der Waals surface area contributed by atoms with Gasteiger partial charge in [-0.1, -0.05) is 70.4 Å². The van der Waals surface area contributed by atoms with Gasteiger partial charge in [0.05, 0.1) is 32.2 Å². The van der Waals surface area contributed by atoms with Gasteiger partial charge in [0, 0.05) is 0 Å². The Bertz CT molecular complexity index is 333. The van der Waals surface area contributed by atoms with Gasteiger partial charge in [-0.15, -0.1) is 0 Å². The highest BCUT2D eigenvalue weighted by molar-refractivity contribution is 7.85. The summed E-state index contributed by atoms with van der Waals surface area (Å²) >= 11 is 0. The molecule has 0 aliphatic rings. The van der Waals surface area contributed by atoms with Crippen LogP contribution >= 0.6 is 0 Å². The quantitative estimate of drug-likeness (QED) is 0.170. The molecule has 8 nitrogen and oxygen atoms in total. The lowest BCUT2D eigenvalue weighted by Gasteiger charge is -2.01. The molecule has 4 N–H and O–H groups in total. The molecule has 0 amide bonds. The topological polar surface area (TPSA) is 125 Å². The van der Waals surface area contributed by atoms with Crippen LogP contribution in [0.4, 0.5) is 0 Å². The summed E-state index contributed by atoms with van der Waals surface area (Å²) in [6.07, 6.45) is 11.7. The van der Waals surface area contributed by atoms with Crippen LogP contribution in [0, 0.1) is 0 Å². The van der Waals surface area contributed by atoms with Crippen molar-refractivity contribution >= 4 is 10.1 Å². The highest BCUT2D eigenvalue weighted by Crippen LogP contribution is 2.10. The zero-order valence-electron chi connectivity index (χ0n) is 15.5. The van der Waals surface area contributed by atoms with Gasteiger partial charge in [0.25, 0.3) is 10.1 Å². The van der Waals surface area contributed by atoms with Crippen molar-refractivity contribution in [1.82, 2.24) is 5.64 Å². The Morgan fingerprint density at radius 1 is 0.760 bits per heavy atom. The standard InChI is InChI=1S/C12H26O3S.C4H11NO4/c1-2-3-4-5-6-7-8-9-10-11-12-16(13,14)15;6-1-3-8-5-9-4-2-7/h2-12H2,1H3,(H,13,14,15);5-7H,1-4H2. The molecule has 0 aromatic carbocycles. The maximum Gasteiger partial charge on any atom is 0.264 e. The van der Waals surface area contributed by atoms with E-state index in [1.807, 2.05) is 0 Å². The molecular weight excluding hydrogens is 350 g/mol. The molecule has 9 heteroatoms. The van der Waals surface area contributed by atoms with Crippen molar-refractivity contribution in [3.63, 3.8) is 0 Å². The Labute approximate surface area is 152 Å². The van der Waals surface area contributed by atoms with Crippen LogP contribution in [0.25, 0.3) is 0 Å². The van der Waals surface area contributed by atoms with Crippen molar-refractivity contribution in [2.75, 3.05) is 32.2 Å². The molecule has 0 atom stereocenters. The van der Waals surface area contributed by atoms with Crippen LogP contribution in [-0.4, -0.2) is 55.4 Å². The number of nitrogens with one attached hydrogen (secondary N) is 1. The summed E-state index contributed by atoms with van der Waals surface area (Å²) in [5, 5.41) is 16.3. The SMILES string of the molecule is CCCCCCCCCCCCS(=O)(=O)O.OCCONOCCO. The highest BCUT2D eigenvalue weighted by atomic mass is 32.2. The second-order valence-corrected chi connectivity index (χ2v) is 7.27. The average Bonchev–Trinajstić information content (AvgIpc) is 2.56. The molecule has 0 aromatic rings. The van der Waals surface area contributed by atoms with Crippen LogP contribution in [0.1, 0.15) is 71.1 Å². The lowest BCUT2D eigenvalue weighted by atomic mass is 10.1. The molecular formula is C16H37NO7S. The minimum atomic E-state index is -3.73. The fourth-order valence-corrected chi connectivity index (χ4v) is 2.56. The molecule has 0 fully saturated rings. The summed E-state index contributed by atoms with van der Waals surface area (Å²) in [5.74, 6) is -0.0799. The Kier molecular flexibility index (Phi) is 23.4. The van der Waals surface area contributed by atoms with Crippen molar-refractivity contribution in [2.24, 2.45) is 0 Å². The van der Waals surface area contributed by atoms with Crippen molar-refractivity contribution in [2.45, 2.75) is 71.1 Å². The summed E-state index contributed by atoms with van der Waals surface area (Å²) in [4.78, 5) is 8.90. The first-order chi connectivity index (χ1) is 12.0. The van der Waals surface area contributed by atoms with E-state index in [9.17, 15) is 8.42 Å². The summed E-state index contributed by atoms with van der Waals surface area (Å²) in [6, 6.07) is 0. The van der Waals surface area contributed by atoms with Gasteiger partial charge in [-0.3, -0.25) is 14.2 Å². The fraction of sp³-hybridized carbons (Fsp3) is 1.00. The molecule has 0 spiro atoms. The van der Waals surface area contributed by atoms with Crippen LogP contribution < -0.4 is 5.64 Å². The summed E-state index contributed by atoms with van der Waals surface area (Å²) in [5.41, 5.74) is 2.07. The van der Waals surface area contributed by atoms with Crippen molar-refractivity contribution in [3.8, 4) is 0 Å². The molecule has 0 rings (SSSR count). The van der Waals surface area contributed by atoms with E-state index >= 15 is 0 Å². The van der Waals surface area contributed by atoms with Gasteiger partial charge >= 0.3 is 0 Å². The fourth-order valence-electron chi connectivity index (χ4n) is 1.99. The first-order valence-corrected chi connectivity index (χ1v) is 10.7. The Hall–Kier alpha value is -0.290. The lowest BCUT2D eigenvalue weighted by molar-refractivity contribution is -0.178. The second-order valence-electron chi connectivity index (χ2n) is 5.70. The van der Waals surface area contributed by atoms with Gasteiger partial charge < -0.3 is 10.2 Å². The first kappa shape index (κ1) is 26.9. The van der Waals surface area contributed by atoms with E-state index in [4.69, 9.17) is 14.8 Å². The monoisotopic (exact) mass is 387 g/mol. The average molecular weight is 388 g/mol. The minimum absolute atomic E-state index is 0.0600.